The molecule has 3 heterocycles. The molecular formula is C34H44N6O4. The maximum atomic E-state index is 14.0. The van der Waals surface area contributed by atoms with Gasteiger partial charge in [0.1, 0.15) is 18.1 Å². The smallest absolute Gasteiger partial charge is 0.250 e. The number of nitrogens with one attached hydrogen (secondary N) is 3. The first kappa shape index (κ1) is 30.1. The number of nitrogens with zero attached hydrogens (tertiary/aromatic N) is 3. The number of hydrogen-bond acceptors (Lipinski definition) is 6. The van der Waals surface area contributed by atoms with E-state index in [0.29, 0.717) is 45.6 Å². The molecule has 3 fully saturated rings. The highest BCUT2D eigenvalue weighted by molar-refractivity contribution is 5.97. The van der Waals surface area contributed by atoms with Gasteiger partial charge >= 0.3 is 0 Å². The lowest BCUT2D eigenvalue weighted by atomic mass is 9.85. The predicted octanol–water partition coefficient (Wildman–Crippen LogP) is 2.32. The molecule has 3 N–H and O–H groups in total. The molecule has 234 valence electrons. The summed E-state index contributed by atoms with van der Waals surface area (Å²) in [4.78, 5) is 59.1. The van der Waals surface area contributed by atoms with Crippen molar-refractivity contribution in [1.82, 2.24) is 25.8 Å². The van der Waals surface area contributed by atoms with Crippen molar-refractivity contribution in [2.24, 2.45) is 0 Å². The van der Waals surface area contributed by atoms with Crippen LogP contribution in [-0.4, -0.2) is 83.4 Å². The summed E-state index contributed by atoms with van der Waals surface area (Å²) in [6.07, 6.45) is 6.94. The Morgan fingerprint density at radius 2 is 1.64 bits per heavy atom. The number of anilines is 1. The van der Waals surface area contributed by atoms with Gasteiger partial charge in [-0.25, -0.2) is 0 Å². The van der Waals surface area contributed by atoms with Crippen LogP contribution < -0.4 is 20.9 Å². The minimum Gasteiger partial charge on any atom is -0.352 e. The molecule has 3 aliphatic heterocycles. The average molecular weight is 601 g/mol. The van der Waals surface area contributed by atoms with E-state index in [-0.39, 0.29) is 42.3 Å². The van der Waals surface area contributed by atoms with E-state index >= 15 is 0 Å². The molecule has 2 saturated heterocycles. The van der Waals surface area contributed by atoms with Crippen LogP contribution in [0.15, 0.2) is 54.6 Å². The van der Waals surface area contributed by atoms with Gasteiger partial charge in [-0.3, -0.25) is 19.2 Å². The fourth-order valence-electron chi connectivity index (χ4n) is 7.40. The molecule has 0 aromatic heterocycles. The van der Waals surface area contributed by atoms with Crippen molar-refractivity contribution >= 4 is 29.3 Å². The van der Waals surface area contributed by atoms with Gasteiger partial charge in [0.25, 0.3) is 5.91 Å². The zero-order valence-electron chi connectivity index (χ0n) is 25.6. The molecular weight excluding hydrogens is 556 g/mol. The molecule has 10 heteroatoms. The second-order valence-electron chi connectivity index (χ2n) is 12.8. The Morgan fingerprint density at radius 3 is 2.36 bits per heavy atom. The summed E-state index contributed by atoms with van der Waals surface area (Å²) in [6, 6.07) is 17.0. The van der Waals surface area contributed by atoms with Crippen LogP contribution in [0.3, 0.4) is 0 Å². The van der Waals surface area contributed by atoms with Gasteiger partial charge in [-0.15, -0.1) is 0 Å². The fraction of sp³-hybridized carbons (Fsp3) is 0.529. The van der Waals surface area contributed by atoms with Gasteiger partial charge in [-0.05, 0) is 62.3 Å². The zero-order chi connectivity index (χ0) is 30.7. The van der Waals surface area contributed by atoms with Crippen molar-refractivity contribution in [3.63, 3.8) is 0 Å². The molecule has 6 rings (SSSR count). The number of benzene rings is 2. The molecule has 1 spiro atoms. The maximum absolute atomic E-state index is 14.0. The molecule has 44 heavy (non-hydrogen) atoms. The number of fused-ring (bicyclic) bond motifs is 1. The average Bonchev–Trinajstić information content (AvgIpc) is 3.31. The summed E-state index contributed by atoms with van der Waals surface area (Å²) in [5.41, 5.74) is 2.45. The van der Waals surface area contributed by atoms with Crippen LogP contribution in [0.1, 0.15) is 63.0 Å². The van der Waals surface area contributed by atoms with Gasteiger partial charge in [0.05, 0.1) is 12.7 Å². The van der Waals surface area contributed by atoms with E-state index in [2.05, 4.69) is 26.9 Å². The van der Waals surface area contributed by atoms with Crippen molar-refractivity contribution in [1.29, 1.82) is 0 Å². The molecule has 2 aromatic carbocycles. The first-order valence-electron chi connectivity index (χ1n) is 16.1. The molecule has 4 aliphatic rings. The first-order chi connectivity index (χ1) is 21.3. The zero-order valence-corrected chi connectivity index (χ0v) is 25.6. The Bertz CT molecular complexity index is 1370. The highest BCUT2D eigenvalue weighted by Crippen LogP contribution is 2.39. The molecule has 0 bridgehead atoms. The molecule has 0 radical (unpaired) electrons. The second kappa shape index (κ2) is 13.0. The summed E-state index contributed by atoms with van der Waals surface area (Å²) in [5, 5.41) is 9.35. The summed E-state index contributed by atoms with van der Waals surface area (Å²) < 4.78 is 0. The number of amides is 4. The standard InChI is InChI=1S/C34H44N6O4/c1-24(36-31(42)29-20-25-10-8-9-11-26(25)21-35-29)32(43)38-18-16-34(17-19-38)33(44)39(23-40(34)28-14-6-3-7-15-28)22-30(41)37-27-12-4-2-5-13-27/h3,6-11,14-15,24,27,29,35H,2,4-5,12-13,16-23H2,1H3,(H,36,42)(H,37,41). The summed E-state index contributed by atoms with van der Waals surface area (Å²) in [6.45, 7) is 3.50. The van der Waals surface area contributed by atoms with E-state index in [1.807, 2.05) is 48.5 Å². The monoisotopic (exact) mass is 600 g/mol. The van der Waals surface area contributed by atoms with Crippen LogP contribution in [-0.2, 0) is 32.1 Å². The number of likely N-dealkylation sites (tertiary alicyclic amines) is 1. The fourth-order valence-corrected chi connectivity index (χ4v) is 7.40. The molecule has 1 aliphatic carbocycles. The number of para-hydroxylation sites is 1. The molecule has 2 aromatic rings. The first-order valence-corrected chi connectivity index (χ1v) is 16.1. The SMILES string of the molecule is CC(NC(=O)C1Cc2ccccc2CN1)C(=O)N1CCC2(CC1)C(=O)N(CC(=O)NC1CCCCC1)CN2c1ccccc1. The second-order valence-corrected chi connectivity index (χ2v) is 12.8. The molecule has 1 saturated carbocycles. The van der Waals surface area contributed by atoms with Crippen molar-refractivity contribution < 1.29 is 19.2 Å². The summed E-state index contributed by atoms with van der Waals surface area (Å²) >= 11 is 0. The maximum Gasteiger partial charge on any atom is 0.250 e. The third kappa shape index (κ3) is 6.18. The molecule has 2 atom stereocenters. The van der Waals surface area contributed by atoms with Gasteiger partial charge in [0, 0.05) is 31.4 Å². The van der Waals surface area contributed by atoms with Gasteiger partial charge in [0.15, 0.2) is 0 Å². The Morgan fingerprint density at radius 1 is 0.955 bits per heavy atom. The number of carbonyl (C=O) groups is 4. The molecule has 10 nitrogen and oxygen atoms in total. The lowest BCUT2D eigenvalue weighted by Gasteiger charge is -2.43. The van der Waals surface area contributed by atoms with Crippen LogP contribution in [0.4, 0.5) is 5.69 Å². The van der Waals surface area contributed by atoms with Crippen molar-refractivity contribution in [2.75, 3.05) is 31.2 Å². The van der Waals surface area contributed by atoms with Crippen molar-refractivity contribution in [2.45, 2.75) is 88.5 Å². The third-order valence-corrected chi connectivity index (χ3v) is 9.92. The summed E-state index contributed by atoms with van der Waals surface area (Å²) in [7, 11) is 0. The molecule has 2 unspecified atom stereocenters. The quantitative estimate of drug-likeness (QED) is 0.450. The van der Waals surface area contributed by atoms with Gasteiger partial charge < -0.3 is 30.7 Å². The third-order valence-electron chi connectivity index (χ3n) is 9.92. The number of hydrogen-bond donors (Lipinski definition) is 3. The van der Waals surface area contributed by atoms with E-state index < -0.39 is 11.6 Å². The van der Waals surface area contributed by atoms with Crippen LogP contribution in [0.25, 0.3) is 0 Å². The van der Waals surface area contributed by atoms with Crippen LogP contribution in [0.5, 0.6) is 0 Å². The van der Waals surface area contributed by atoms with Gasteiger partial charge in [-0.1, -0.05) is 61.7 Å². The Balaban J connectivity index is 1.08. The number of piperidine rings is 1. The highest BCUT2D eigenvalue weighted by atomic mass is 16.2. The molecule has 4 amide bonds. The largest absolute Gasteiger partial charge is 0.352 e. The number of rotatable bonds is 7. The number of carbonyl (C=O) groups excluding carboxylic acids is 4. The Hall–Kier alpha value is -3.92. The Kier molecular flexibility index (Phi) is 8.88. The minimum absolute atomic E-state index is 0.0335. The van der Waals surface area contributed by atoms with Gasteiger partial charge in [-0.2, -0.15) is 0 Å². The van der Waals surface area contributed by atoms with E-state index in [0.717, 1.165) is 36.9 Å². The highest BCUT2D eigenvalue weighted by Gasteiger charge is 2.54. The van der Waals surface area contributed by atoms with Gasteiger partial charge in [0.2, 0.25) is 17.7 Å². The predicted molar refractivity (Wildman–Crippen MR) is 167 cm³/mol. The van der Waals surface area contributed by atoms with Crippen LogP contribution >= 0.6 is 0 Å². The Labute approximate surface area is 259 Å². The summed E-state index contributed by atoms with van der Waals surface area (Å²) in [5.74, 6) is -0.497. The van der Waals surface area contributed by atoms with Crippen molar-refractivity contribution in [3.8, 4) is 0 Å². The van der Waals surface area contributed by atoms with Crippen molar-refractivity contribution in [3.05, 3.63) is 65.7 Å². The minimum atomic E-state index is -0.824. The van der Waals surface area contributed by atoms with Crippen LogP contribution in [0.2, 0.25) is 0 Å². The van der Waals surface area contributed by atoms with E-state index in [1.54, 1.807) is 16.7 Å². The normalized spacial score (nSPS) is 22.4. The van der Waals surface area contributed by atoms with E-state index in [9.17, 15) is 19.2 Å². The van der Waals surface area contributed by atoms with E-state index in [4.69, 9.17) is 0 Å². The van der Waals surface area contributed by atoms with Crippen LogP contribution in [0, 0.1) is 0 Å². The van der Waals surface area contributed by atoms with E-state index in [1.165, 1.54) is 12.0 Å². The lowest BCUT2D eigenvalue weighted by Crippen LogP contribution is -2.60. The lowest BCUT2D eigenvalue weighted by molar-refractivity contribution is -0.141. The topological polar surface area (TPSA) is 114 Å².